The predicted octanol–water partition coefficient (Wildman–Crippen LogP) is 2.10. The van der Waals surface area contributed by atoms with Crippen LogP contribution >= 0.6 is 0 Å². The van der Waals surface area contributed by atoms with E-state index in [2.05, 4.69) is 10.6 Å². The monoisotopic (exact) mass is 432 g/mol. The van der Waals surface area contributed by atoms with Gasteiger partial charge in [0.25, 0.3) is 0 Å². The third kappa shape index (κ3) is 5.19. The van der Waals surface area contributed by atoms with Gasteiger partial charge in [0.05, 0.1) is 19.1 Å². The van der Waals surface area contributed by atoms with Crippen molar-refractivity contribution in [1.82, 2.24) is 5.32 Å². The molecule has 3 N–H and O–H groups in total. The summed E-state index contributed by atoms with van der Waals surface area (Å²) in [4.78, 5) is 24.5. The van der Waals surface area contributed by atoms with Crippen LogP contribution in [-0.4, -0.2) is 61.6 Å². The maximum absolute atomic E-state index is 12.6. The molecule has 31 heavy (non-hydrogen) atoms. The van der Waals surface area contributed by atoms with Crippen LogP contribution in [0.2, 0.25) is 0 Å². The molecule has 0 radical (unpaired) electrons. The third-order valence-electron chi connectivity index (χ3n) is 6.44. The highest BCUT2D eigenvalue weighted by Gasteiger charge is 2.46. The van der Waals surface area contributed by atoms with Gasteiger partial charge in [0.1, 0.15) is 24.6 Å². The van der Waals surface area contributed by atoms with E-state index in [1.807, 2.05) is 12.1 Å². The number of carbonyl (C=O) groups excluding carboxylic acids is 2. The molecule has 1 aromatic rings. The van der Waals surface area contributed by atoms with Crippen molar-refractivity contribution in [3.63, 3.8) is 0 Å². The zero-order valence-electron chi connectivity index (χ0n) is 18.0. The number of aliphatic hydroxyl groups is 1. The first-order valence-corrected chi connectivity index (χ1v) is 11.2. The fourth-order valence-electron chi connectivity index (χ4n) is 5.04. The largest absolute Gasteiger partial charge is 0.487 e. The van der Waals surface area contributed by atoms with Crippen molar-refractivity contribution in [2.75, 3.05) is 25.6 Å². The lowest BCUT2D eigenvalue weighted by molar-refractivity contribution is -0.142. The van der Waals surface area contributed by atoms with Gasteiger partial charge < -0.3 is 30.0 Å². The summed E-state index contributed by atoms with van der Waals surface area (Å²) >= 11 is 0. The summed E-state index contributed by atoms with van der Waals surface area (Å²) in [5.74, 6) is 0.504. The normalized spacial score (nSPS) is 27.7. The number of ether oxygens (including phenoxy) is 3. The van der Waals surface area contributed by atoms with Crippen LogP contribution in [0.25, 0.3) is 0 Å². The summed E-state index contributed by atoms with van der Waals surface area (Å²) in [5.41, 5.74) is 1.64. The minimum Gasteiger partial charge on any atom is -0.487 e. The number of methoxy groups -OCH3 is 1. The van der Waals surface area contributed by atoms with Crippen LogP contribution in [0.1, 0.15) is 56.4 Å². The lowest BCUT2D eigenvalue weighted by Crippen LogP contribution is -2.48. The molecule has 2 aliphatic heterocycles. The summed E-state index contributed by atoms with van der Waals surface area (Å²) < 4.78 is 17.0. The highest BCUT2D eigenvalue weighted by atomic mass is 16.6. The van der Waals surface area contributed by atoms with Gasteiger partial charge in [-0.25, -0.2) is 0 Å². The molecule has 2 fully saturated rings. The Labute approximate surface area is 182 Å². The van der Waals surface area contributed by atoms with E-state index >= 15 is 0 Å². The Morgan fingerprint density at radius 2 is 2.00 bits per heavy atom. The summed E-state index contributed by atoms with van der Waals surface area (Å²) in [5, 5.41) is 15.9. The van der Waals surface area contributed by atoms with E-state index in [0.29, 0.717) is 12.1 Å². The van der Waals surface area contributed by atoms with Crippen LogP contribution in [0.15, 0.2) is 18.2 Å². The van der Waals surface area contributed by atoms with Crippen LogP contribution in [0.4, 0.5) is 5.69 Å². The molecule has 1 saturated heterocycles. The molecule has 8 nitrogen and oxygen atoms in total. The molecule has 2 amide bonds. The van der Waals surface area contributed by atoms with Crippen LogP contribution in [0, 0.1) is 0 Å². The summed E-state index contributed by atoms with van der Waals surface area (Å²) in [6, 6.07) is 5.79. The molecule has 8 heteroatoms. The molecule has 4 rings (SSSR count). The van der Waals surface area contributed by atoms with E-state index in [-0.39, 0.29) is 55.6 Å². The minimum absolute atomic E-state index is 0.00626. The fourth-order valence-corrected chi connectivity index (χ4v) is 5.04. The van der Waals surface area contributed by atoms with Gasteiger partial charge in [0, 0.05) is 30.3 Å². The molecular weight excluding hydrogens is 400 g/mol. The Kier molecular flexibility index (Phi) is 7.09. The molecule has 170 valence electrons. The Balaban J connectivity index is 1.43. The van der Waals surface area contributed by atoms with Crippen molar-refractivity contribution in [3.8, 4) is 5.75 Å². The number of amides is 2. The van der Waals surface area contributed by atoms with Crippen molar-refractivity contribution in [2.24, 2.45) is 0 Å². The van der Waals surface area contributed by atoms with Crippen molar-refractivity contribution in [1.29, 1.82) is 0 Å². The van der Waals surface area contributed by atoms with Crippen molar-refractivity contribution in [3.05, 3.63) is 23.8 Å². The second-order valence-corrected chi connectivity index (χ2v) is 8.74. The van der Waals surface area contributed by atoms with Crippen molar-refractivity contribution >= 4 is 17.5 Å². The fraction of sp³-hybridized carbons (Fsp3) is 0.652. The zero-order valence-corrected chi connectivity index (χ0v) is 18.0. The predicted molar refractivity (Wildman–Crippen MR) is 114 cm³/mol. The van der Waals surface area contributed by atoms with Gasteiger partial charge in [-0.1, -0.05) is 19.3 Å². The van der Waals surface area contributed by atoms with E-state index < -0.39 is 6.10 Å². The van der Waals surface area contributed by atoms with E-state index in [1.165, 1.54) is 26.4 Å². The number of aliphatic hydroxyl groups excluding tert-OH is 1. The first-order valence-electron chi connectivity index (χ1n) is 11.2. The van der Waals surface area contributed by atoms with E-state index in [4.69, 9.17) is 14.2 Å². The van der Waals surface area contributed by atoms with E-state index in [1.54, 1.807) is 6.07 Å². The van der Waals surface area contributed by atoms with Gasteiger partial charge >= 0.3 is 0 Å². The molecule has 2 heterocycles. The Hall–Kier alpha value is -2.16. The lowest BCUT2D eigenvalue weighted by atomic mass is 9.84. The zero-order chi connectivity index (χ0) is 21.8. The summed E-state index contributed by atoms with van der Waals surface area (Å²) in [6.07, 6.45) is 5.47. The van der Waals surface area contributed by atoms with E-state index in [9.17, 15) is 14.7 Å². The van der Waals surface area contributed by atoms with Crippen molar-refractivity contribution < 1.29 is 28.9 Å². The maximum Gasteiger partial charge on any atom is 0.250 e. The molecule has 0 aromatic heterocycles. The quantitative estimate of drug-likeness (QED) is 0.609. The standard InChI is InChI=1S/C23H32N2O6/c1-29-13-22(28)25-15-7-8-19-17(9-15)18-10-16(30-20(12-26)23(18)31-19)11-21(27)24-14-5-3-2-4-6-14/h7-9,14,16,18,20,23,26H,2-6,10-13H2,1H3,(H,24,27)(H,25,28)/t16-,18-,20-,23+/m1/s1. The smallest absolute Gasteiger partial charge is 0.250 e. The van der Waals surface area contributed by atoms with Crippen LogP contribution in [0.5, 0.6) is 5.75 Å². The topological polar surface area (TPSA) is 106 Å². The van der Waals surface area contributed by atoms with Gasteiger partial charge in [-0.15, -0.1) is 0 Å². The Morgan fingerprint density at radius 3 is 2.74 bits per heavy atom. The second kappa shape index (κ2) is 9.97. The third-order valence-corrected chi connectivity index (χ3v) is 6.44. The molecule has 1 aromatic carbocycles. The number of benzene rings is 1. The lowest BCUT2D eigenvalue weighted by Gasteiger charge is -2.37. The van der Waals surface area contributed by atoms with Gasteiger partial charge in [0.15, 0.2) is 0 Å². The number of anilines is 1. The van der Waals surface area contributed by atoms with Gasteiger partial charge in [-0.05, 0) is 37.5 Å². The second-order valence-electron chi connectivity index (χ2n) is 8.74. The van der Waals surface area contributed by atoms with Crippen molar-refractivity contribution in [2.45, 2.75) is 75.2 Å². The molecule has 0 unspecified atom stereocenters. The number of carbonyl (C=O) groups is 2. The maximum atomic E-state index is 12.6. The number of nitrogens with one attached hydrogen (secondary N) is 2. The molecule has 0 spiro atoms. The van der Waals surface area contributed by atoms with Crippen LogP contribution in [-0.2, 0) is 19.1 Å². The summed E-state index contributed by atoms with van der Waals surface area (Å²) in [7, 11) is 1.47. The van der Waals surface area contributed by atoms with Gasteiger partial charge in [-0.3, -0.25) is 9.59 Å². The van der Waals surface area contributed by atoms with E-state index in [0.717, 1.165) is 24.2 Å². The van der Waals surface area contributed by atoms with Gasteiger partial charge in [0.2, 0.25) is 11.8 Å². The molecule has 1 saturated carbocycles. The Morgan fingerprint density at radius 1 is 1.19 bits per heavy atom. The molecule has 1 aliphatic carbocycles. The highest BCUT2D eigenvalue weighted by molar-refractivity contribution is 5.92. The first-order chi connectivity index (χ1) is 15.1. The number of fused-ring (bicyclic) bond motifs is 3. The SMILES string of the molecule is COCC(=O)Nc1ccc2c(c1)[C@H]1C[C@H](CC(=O)NC3CCCCC3)O[C@H](CO)[C@H]1O2. The molecule has 0 bridgehead atoms. The van der Waals surface area contributed by atoms with Crippen LogP contribution < -0.4 is 15.4 Å². The minimum atomic E-state index is -0.495. The highest BCUT2D eigenvalue weighted by Crippen LogP contribution is 2.47. The number of hydrogen-bond acceptors (Lipinski definition) is 6. The molecule has 4 atom stereocenters. The Bertz CT molecular complexity index is 794. The summed E-state index contributed by atoms with van der Waals surface area (Å²) in [6.45, 7) is -0.189. The van der Waals surface area contributed by atoms with Gasteiger partial charge in [-0.2, -0.15) is 0 Å². The number of hydrogen-bond donors (Lipinski definition) is 3. The number of rotatable bonds is 7. The molecule has 3 aliphatic rings. The first kappa shape index (κ1) is 22.0. The average Bonchev–Trinajstić information content (AvgIpc) is 3.12. The van der Waals surface area contributed by atoms with Crippen LogP contribution in [0.3, 0.4) is 0 Å². The molecular formula is C23H32N2O6. The average molecular weight is 433 g/mol.